The first-order valence-corrected chi connectivity index (χ1v) is 6.68. The van der Waals surface area contributed by atoms with Gasteiger partial charge in [-0.3, -0.25) is 0 Å². The predicted octanol–water partition coefficient (Wildman–Crippen LogP) is 3.75. The average Bonchev–Trinajstić information content (AvgIpc) is 2.42. The van der Waals surface area contributed by atoms with Crippen LogP contribution in [0.25, 0.3) is 0 Å². The van der Waals surface area contributed by atoms with Gasteiger partial charge in [-0.1, -0.05) is 30.3 Å². The lowest BCUT2D eigenvalue weighted by atomic mass is 9.93. The molecule has 0 aliphatic rings. The van der Waals surface area contributed by atoms with Crippen LogP contribution in [0.1, 0.15) is 35.2 Å². The first-order valence-electron chi connectivity index (χ1n) is 6.68. The van der Waals surface area contributed by atoms with Crippen molar-refractivity contribution < 1.29 is 4.74 Å². The number of benzene rings is 2. The van der Waals surface area contributed by atoms with Crippen molar-refractivity contribution in [1.82, 2.24) is 0 Å². The quantitative estimate of drug-likeness (QED) is 0.903. The molecule has 0 amide bonds. The van der Waals surface area contributed by atoms with Crippen LogP contribution < -0.4 is 10.5 Å². The number of hydrogen-bond donors (Lipinski definition) is 1. The minimum atomic E-state index is -0.0874. The third-order valence-corrected chi connectivity index (χ3v) is 3.53. The Morgan fingerprint density at radius 3 is 2.37 bits per heavy atom. The molecular weight excluding hydrogens is 234 g/mol. The highest BCUT2D eigenvalue weighted by molar-refractivity contribution is 5.41. The Kier molecular flexibility index (Phi) is 4.23. The first-order chi connectivity index (χ1) is 9.13. The summed E-state index contributed by atoms with van der Waals surface area (Å²) in [6.45, 7) is 6.90. The summed E-state index contributed by atoms with van der Waals surface area (Å²) in [5, 5.41) is 0. The van der Waals surface area contributed by atoms with Gasteiger partial charge in [-0.2, -0.15) is 0 Å². The van der Waals surface area contributed by atoms with E-state index >= 15 is 0 Å². The zero-order valence-corrected chi connectivity index (χ0v) is 11.8. The van der Waals surface area contributed by atoms with Crippen LogP contribution in [0.15, 0.2) is 42.5 Å². The van der Waals surface area contributed by atoms with Gasteiger partial charge in [0.2, 0.25) is 0 Å². The summed E-state index contributed by atoms with van der Waals surface area (Å²) >= 11 is 0. The van der Waals surface area contributed by atoms with Crippen LogP contribution in [-0.2, 0) is 0 Å². The molecule has 0 bridgehead atoms. The Labute approximate surface area is 115 Å². The van der Waals surface area contributed by atoms with Crippen LogP contribution in [0, 0.1) is 13.8 Å². The van der Waals surface area contributed by atoms with Gasteiger partial charge >= 0.3 is 0 Å². The summed E-state index contributed by atoms with van der Waals surface area (Å²) in [6.07, 6.45) is 0. The third kappa shape index (κ3) is 2.96. The second-order valence-corrected chi connectivity index (χ2v) is 4.77. The van der Waals surface area contributed by atoms with Gasteiger partial charge in [-0.05, 0) is 55.2 Å². The molecule has 0 aliphatic heterocycles. The SMILES string of the molecule is CCOc1ccc(C(N)c2cccc(C)c2C)cc1. The van der Waals surface area contributed by atoms with Crippen molar-refractivity contribution in [2.75, 3.05) is 6.61 Å². The van der Waals surface area contributed by atoms with Crippen molar-refractivity contribution in [2.45, 2.75) is 26.8 Å². The molecule has 1 unspecified atom stereocenters. The van der Waals surface area contributed by atoms with E-state index in [1.54, 1.807) is 0 Å². The van der Waals surface area contributed by atoms with Gasteiger partial charge in [-0.15, -0.1) is 0 Å². The van der Waals surface area contributed by atoms with E-state index in [0.29, 0.717) is 6.61 Å². The van der Waals surface area contributed by atoms with E-state index in [1.165, 1.54) is 16.7 Å². The van der Waals surface area contributed by atoms with Gasteiger partial charge in [0.1, 0.15) is 5.75 Å². The molecule has 0 spiro atoms. The molecule has 0 aliphatic carbocycles. The van der Waals surface area contributed by atoms with Crippen LogP contribution in [0.3, 0.4) is 0 Å². The summed E-state index contributed by atoms with van der Waals surface area (Å²) in [4.78, 5) is 0. The van der Waals surface area contributed by atoms with Gasteiger partial charge in [0.15, 0.2) is 0 Å². The molecule has 0 radical (unpaired) electrons. The van der Waals surface area contributed by atoms with E-state index in [0.717, 1.165) is 11.3 Å². The zero-order valence-electron chi connectivity index (χ0n) is 11.8. The number of aryl methyl sites for hydroxylation is 1. The van der Waals surface area contributed by atoms with Crippen molar-refractivity contribution in [2.24, 2.45) is 5.73 Å². The summed E-state index contributed by atoms with van der Waals surface area (Å²) in [7, 11) is 0. The molecule has 2 aromatic rings. The highest BCUT2D eigenvalue weighted by Crippen LogP contribution is 2.25. The summed E-state index contributed by atoms with van der Waals surface area (Å²) in [5.41, 5.74) is 11.2. The highest BCUT2D eigenvalue weighted by Gasteiger charge is 2.12. The van der Waals surface area contributed by atoms with E-state index in [-0.39, 0.29) is 6.04 Å². The Morgan fingerprint density at radius 1 is 1.05 bits per heavy atom. The minimum absolute atomic E-state index is 0.0874. The van der Waals surface area contributed by atoms with Gasteiger partial charge in [0.25, 0.3) is 0 Å². The molecule has 19 heavy (non-hydrogen) atoms. The van der Waals surface area contributed by atoms with Gasteiger partial charge in [-0.25, -0.2) is 0 Å². The smallest absolute Gasteiger partial charge is 0.119 e. The van der Waals surface area contributed by atoms with Gasteiger partial charge < -0.3 is 10.5 Å². The fourth-order valence-corrected chi connectivity index (χ4v) is 2.23. The van der Waals surface area contributed by atoms with Crippen molar-refractivity contribution >= 4 is 0 Å². The number of hydrogen-bond acceptors (Lipinski definition) is 2. The lowest BCUT2D eigenvalue weighted by Gasteiger charge is -2.17. The number of nitrogens with two attached hydrogens (primary N) is 1. The molecule has 2 aromatic carbocycles. The molecule has 2 N–H and O–H groups in total. The summed E-state index contributed by atoms with van der Waals surface area (Å²) < 4.78 is 5.45. The molecule has 0 aromatic heterocycles. The molecule has 0 heterocycles. The molecule has 0 fully saturated rings. The maximum atomic E-state index is 6.37. The monoisotopic (exact) mass is 255 g/mol. The van der Waals surface area contributed by atoms with E-state index < -0.39 is 0 Å². The van der Waals surface area contributed by atoms with Crippen molar-refractivity contribution in [3.8, 4) is 5.75 Å². The lowest BCUT2D eigenvalue weighted by molar-refractivity contribution is 0.340. The van der Waals surface area contributed by atoms with Crippen molar-refractivity contribution in [1.29, 1.82) is 0 Å². The molecule has 0 saturated heterocycles. The van der Waals surface area contributed by atoms with Crippen molar-refractivity contribution in [3.63, 3.8) is 0 Å². The fourth-order valence-electron chi connectivity index (χ4n) is 2.23. The summed E-state index contributed by atoms with van der Waals surface area (Å²) in [5.74, 6) is 0.888. The third-order valence-electron chi connectivity index (χ3n) is 3.53. The Balaban J connectivity index is 2.28. The maximum Gasteiger partial charge on any atom is 0.119 e. The largest absolute Gasteiger partial charge is 0.494 e. The molecule has 1 atom stereocenters. The number of ether oxygens (including phenoxy) is 1. The van der Waals surface area contributed by atoms with E-state index in [4.69, 9.17) is 10.5 Å². The van der Waals surface area contributed by atoms with Gasteiger partial charge in [0.05, 0.1) is 12.6 Å². The fraction of sp³-hybridized carbons (Fsp3) is 0.294. The van der Waals surface area contributed by atoms with E-state index in [9.17, 15) is 0 Å². The zero-order chi connectivity index (χ0) is 13.8. The Bertz CT molecular complexity index is 546. The predicted molar refractivity (Wildman–Crippen MR) is 79.6 cm³/mol. The van der Waals surface area contributed by atoms with E-state index in [2.05, 4.69) is 32.0 Å². The molecule has 0 saturated carbocycles. The van der Waals surface area contributed by atoms with Crippen LogP contribution >= 0.6 is 0 Å². The van der Waals surface area contributed by atoms with Crippen LogP contribution in [0.4, 0.5) is 0 Å². The van der Waals surface area contributed by atoms with Crippen LogP contribution in [0.5, 0.6) is 5.75 Å². The normalized spacial score (nSPS) is 12.2. The molecule has 2 rings (SSSR count). The summed E-state index contributed by atoms with van der Waals surface area (Å²) in [6, 6.07) is 14.2. The molecule has 100 valence electrons. The van der Waals surface area contributed by atoms with E-state index in [1.807, 2.05) is 31.2 Å². The number of rotatable bonds is 4. The van der Waals surface area contributed by atoms with Gasteiger partial charge in [0, 0.05) is 0 Å². The molecule has 2 heteroatoms. The highest BCUT2D eigenvalue weighted by atomic mass is 16.5. The van der Waals surface area contributed by atoms with Crippen LogP contribution in [-0.4, -0.2) is 6.61 Å². The average molecular weight is 255 g/mol. The first kappa shape index (κ1) is 13.6. The molecule has 2 nitrogen and oxygen atoms in total. The lowest BCUT2D eigenvalue weighted by Crippen LogP contribution is -2.13. The Morgan fingerprint density at radius 2 is 1.74 bits per heavy atom. The minimum Gasteiger partial charge on any atom is -0.494 e. The maximum absolute atomic E-state index is 6.37. The molecular formula is C17H21NO. The van der Waals surface area contributed by atoms with Crippen molar-refractivity contribution in [3.05, 3.63) is 64.7 Å². The Hall–Kier alpha value is -1.80. The topological polar surface area (TPSA) is 35.2 Å². The second-order valence-electron chi connectivity index (χ2n) is 4.77. The second kappa shape index (κ2) is 5.89. The van der Waals surface area contributed by atoms with Crippen LogP contribution in [0.2, 0.25) is 0 Å². The standard InChI is InChI=1S/C17H21NO/c1-4-19-15-10-8-14(9-11-15)17(18)16-7-5-6-12(2)13(16)3/h5-11,17H,4,18H2,1-3H3.